The summed E-state index contributed by atoms with van der Waals surface area (Å²) in [6.07, 6.45) is 12.7. The topological polar surface area (TPSA) is 293 Å². The third-order valence-electron chi connectivity index (χ3n) is 9.11. The largest absolute Gasteiger partial charge is 5.00 e. The standard InChI is InChI=1S/5C10H20O4S.Sb/c5*1-2-3-5-13-7-8-14-6-4-9(15)10(11)12;/h5*9,15H,2-8H2,1H3,(H,11,12);/q;;;;;+5/p-5. The number of unbranched alkanes of at least 4 members (excludes halogenated alkanes) is 5. The van der Waals surface area contributed by atoms with Crippen molar-refractivity contribution < 1.29 is 96.9 Å². The number of hydrogen-bond acceptors (Lipinski definition) is 25. The van der Waals surface area contributed by atoms with Crippen LogP contribution in [0.4, 0.5) is 0 Å². The van der Waals surface area contributed by atoms with Crippen molar-refractivity contribution in [2.45, 2.75) is 157 Å². The van der Waals surface area contributed by atoms with Gasteiger partial charge in [0.2, 0.25) is 0 Å². The summed E-state index contributed by atoms with van der Waals surface area (Å²) in [4.78, 5) is 51.3. The Morgan fingerprint density at radius 1 is 0.263 bits per heavy atom. The van der Waals surface area contributed by atoms with E-state index in [9.17, 15) is 49.5 Å². The quantitative estimate of drug-likeness (QED) is 0.0321. The van der Waals surface area contributed by atoms with Gasteiger partial charge in [0.15, 0.2) is 0 Å². The van der Waals surface area contributed by atoms with Gasteiger partial charge in [0.05, 0.1) is 95.9 Å². The number of carboxylic acids is 5. The molecule has 450 valence electrons. The third-order valence-corrected chi connectivity index (χ3v) is 11.5. The Bertz CT molecular complexity index is 1030. The second kappa shape index (κ2) is 72.5. The summed E-state index contributed by atoms with van der Waals surface area (Å²) in [5.41, 5.74) is 0. The number of ether oxygens (including phenoxy) is 10. The van der Waals surface area contributed by atoms with Crippen LogP contribution in [0.2, 0.25) is 0 Å². The molecule has 0 rings (SSSR count). The minimum absolute atomic E-state index is 0. The van der Waals surface area contributed by atoms with Crippen LogP contribution >= 0.6 is 63.1 Å². The Morgan fingerprint density at radius 2 is 0.382 bits per heavy atom. The van der Waals surface area contributed by atoms with Gasteiger partial charge in [0.1, 0.15) is 0 Å². The van der Waals surface area contributed by atoms with Gasteiger partial charge in [-0.2, -0.15) is 63.1 Å². The molecule has 0 aromatic carbocycles. The number of carboxylic acid groups (broad SMARTS) is 5. The van der Waals surface area contributed by atoms with Crippen molar-refractivity contribution in [1.29, 1.82) is 0 Å². The molecule has 0 spiro atoms. The summed E-state index contributed by atoms with van der Waals surface area (Å²) in [5.74, 6) is -5.76. The van der Waals surface area contributed by atoms with E-state index in [4.69, 9.17) is 47.4 Å². The molecule has 0 radical (unpaired) electrons. The van der Waals surface area contributed by atoms with Crippen LogP contribution in [0, 0.1) is 0 Å². The van der Waals surface area contributed by atoms with E-state index in [1.807, 2.05) is 0 Å². The fourth-order valence-corrected chi connectivity index (χ4v) is 4.93. The average molecular weight is 1300 g/mol. The van der Waals surface area contributed by atoms with Crippen LogP contribution < -0.4 is 25.5 Å². The molecule has 0 aliphatic heterocycles. The SMILES string of the molecule is CCCCOCCOCCC(S)C(=O)[O-].CCCCOCCOCCC(S)C(=O)[O-].CCCCOCCOCCC(S)C(=O)[O-].CCCCOCCOCCC(S)C(=O)[O-].CCCCOCCOCCC(S)C(=O)[O-].[Sb+5]. The summed E-state index contributed by atoms with van der Waals surface area (Å²) < 4.78 is 52.1. The molecule has 0 aromatic heterocycles. The monoisotopic (exact) mass is 1300 g/mol. The average Bonchev–Trinajstić information content (AvgIpc) is 3.38. The van der Waals surface area contributed by atoms with Crippen molar-refractivity contribution in [2.24, 2.45) is 0 Å². The van der Waals surface area contributed by atoms with E-state index in [1.165, 1.54) is 0 Å². The molecule has 0 fully saturated rings. The Balaban J connectivity index is -0.000000201. The van der Waals surface area contributed by atoms with E-state index < -0.39 is 56.1 Å². The zero-order valence-corrected chi connectivity index (χ0v) is 53.0. The number of thiol groups is 5. The Kier molecular flexibility index (Phi) is 82.8. The molecule has 0 aromatic rings. The van der Waals surface area contributed by atoms with Gasteiger partial charge in [-0.15, -0.1) is 0 Å². The maximum atomic E-state index is 10.3. The molecular weight excluding hydrogens is 1200 g/mol. The Morgan fingerprint density at radius 3 is 0.487 bits per heavy atom. The summed E-state index contributed by atoms with van der Waals surface area (Å²) in [6, 6.07) is 0. The summed E-state index contributed by atoms with van der Waals surface area (Å²) in [6.45, 7) is 21.5. The third kappa shape index (κ3) is 80.0. The number of rotatable bonds is 50. The van der Waals surface area contributed by atoms with Crippen molar-refractivity contribution in [3.05, 3.63) is 0 Å². The van der Waals surface area contributed by atoms with Crippen LogP contribution in [0.25, 0.3) is 0 Å². The van der Waals surface area contributed by atoms with E-state index in [0.717, 1.165) is 97.2 Å². The van der Waals surface area contributed by atoms with Gasteiger partial charge in [0.25, 0.3) is 0 Å². The molecule has 0 bridgehead atoms. The van der Waals surface area contributed by atoms with Crippen molar-refractivity contribution in [3.8, 4) is 0 Å². The smallest absolute Gasteiger partial charge is 0.549 e. The van der Waals surface area contributed by atoms with Gasteiger partial charge in [0, 0.05) is 92.3 Å². The molecule has 26 heteroatoms. The molecule has 0 heterocycles. The normalized spacial score (nSPS) is 12.5. The van der Waals surface area contributed by atoms with Crippen molar-refractivity contribution in [1.82, 2.24) is 0 Å². The van der Waals surface area contributed by atoms with E-state index in [1.54, 1.807) is 0 Å². The second-order valence-corrected chi connectivity index (χ2v) is 19.1. The fraction of sp³-hybridized carbons (Fsp3) is 0.900. The van der Waals surface area contributed by atoms with Crippen molar-refractivity contribution in [3.63, 3.8) is 0 Å². The van der Waals surface area contributed by atoms with E-state index in [-0.39, 0.29) is 24.4 Å². The minimum atomic E-state index is -1.15. The maximum absolute atomic E-state index is 10.3. The first-order valence-corrected chi connectivity index (χ1v) is 28.7. The van der Waals surface area contributed by atoms with Gasteiger partial charge >= 0.3 is 24.4 Å². The molecule has 0 saturated heterocycles. The first kappa shape index (κ1) is 86.8. The molecule has 0 aliphatic carbocycles. The molecule has 20 nitrogen and oxygen atoms in total. The minimum Gasteiger partial charge on any atom is -0.549 e. The van der Waals surface area contributed by atoms with E-state index in [2.05, 4.69) is 97.8 Å². The fourth-order valence-electron chi connectivity index (χ4n) is 4.41. The summed E-state index contributed by atoms with van der Waals surface area (Å²) >= 11 is 19.1. The molecule has 76 heavy (non-hydrogen) atoms. The zero-order chi connectivity index (χ0) is 57.6. The molecule has 5 unspecified atom stereocenters. The number of hydrogen-bond donors (Lipinski definition) is 5. The summed E-state index contributed by atoms with van der Waals surface area (Å²) in [5, 5.41) is 47.6. The van der Waals surface area contributed by atoms with Crippen LogP contribution in [-0.2, 0) is 71.3 Å². The van der Waals surface area contributed by atoms with Crippen LogP contribution in [0.1, 0.15) is 131 Å². The van der Waals surface area contributed by atoms with E-state index >= 15 is 0 Å². The van der Waals surface area contributed by atoms with Crippen LogP contribution in [0.3, 0.4) is 0 Å². The molecule has 0 N–H and O–H groups in total. The van der Waals surface area contributed by atoms with Crippen LogP contribution in [0.15, 0.2) is 0 Å². The molecule has 5 atom stereocenters. The molecule has 0 amide bonds. The van der Waals surface area contributed by atoms with Gasteiger partial charge < -0.3 is 96.9 Å². The number of carbonyl (C=O) groups excluding carboxylic acids is 5. The number of aliphatic carboxylic acids is 5. The number of carbonyl (C=O) groups is 5. The predicted molar refractivity (Wildman–Crippen MR) is 300 cm³/mol. The predicted octanol–water partition coefficient (Wildman–Crippen LogP) is 0.910. The molecule has 0 saturated carbocycles. The summed E-state index contributed by atoms with van der Waals surface area (Å²) in [7, 11) is 0. The van der Waals surface area contributed by atoms with Crippen molar-refractivity contribution >= 4 is 117 Å². The Labute approximate surface area is 500 Å². The van der Waals surface area contributed by atoms with Gasteiger partial charge in [-0.05, 0) is 64.2 Å². The first-order valence-electron chi connectivity index (χ1n) is 26.1. The molecular formula is C50H95O20S5Sb. The first-order chi connectivity index (χ1) is 35.9. The van der Waals surface area contributed by atoms with Crippen LogP contribution in [-0.4, -0.2) is 213 Å². The zero-order valence-electron chi connectivity index (χ0n) is 46.0. The van der Waals surface area contributed by atoms with Gasteiger partial charge in [-0.1, -0.05) is 66.7 Å². The Hall–Kier alpha value is -0.482. The van der Waals surface area contributed by atoms with Gasteiger partial charge in [-0.3, -0.25) is 0 Å². The maximum Gasteiger partial charge on any atom is 5.00 e. The second-order valence-electron chi connectivity index (χ2n) is 16.0. The van der Waals surface area contributed by atoms with Gasteiger partial charge in [-0.25, -0.2) is 0 Å². The molecule has 0 aliphatic rings. The van der Waals surface area contributed by atoms with E-state index in [0.29, 0.717) is 131 Å². The van der Waals surface area contributed by atoms with Crippen LogP contribution in [0.5, 0.6) is 0 Å². The van der Waals surface area contributed by atoms with Crippen molar-refractivity contribution in [2.75, 3.05) is 132 Å².